The molecule has 0 aromatic carbocycles. The zero-order valence-electron chi connectivity index (χ0n) is 7.66. The fraction of sp³-hybridized carbons (Fsp3) is 0.444. The van der Waals surface area contributed by atoms with E-state index in [1.807, 2.05) is 0 Å². The molecule has 1 aromatic heterocycles. The van der Waals surface area contributed by atoms with Crippen LogP contribution in [0.25, 0.3) is 0 Å². The number of pyridine rings is 1. The van der Waals surface area contributed by atoms with Crippen molar-refractivity contribution in [3.05, 3.63) is 29.3 Å². The van der Waals surface area contributed by atoms with Crippen molar-refractivity contribution in [3.63, 3.8) is 0 Å². The van der Waals surface area contributed by atoms with Crippen LogP contribution in [0.1, 0.15) is 24.1 Å². The van der Waals surface area contributed by atoms with Gasteiger partial charge in [-0.15, -0.1) is 0 Å². The third-order valence-electron chi connectivity index (χ3n) is 2.00. The first-order valence-corrected chi connectivity index (χ1v) is 4.08. The molecule has 0 aliphatic rings. The van der Waals surface area contributed by atoms with Crippen LogP contribution >= 0.6 is 0 Å². The van der Waals surface area contributed by atoms with Gasteiger partial charge in [-0.1, -0.05) is 0 Å². The second-order valence-electron chi connectivity index (χ2n) is 3.13. The Morgan fingerprint density at radius 3 is 2.69 bits per heavy atom. The predicted octanol–water partition coefficient (Wildman–Crippen LogP) is 0.910. The fourth-order valence-corrected chi connectivity index (χ4v) is 1.14. The van der Waals surface area contributed by atoms with Gasteiger partial charge in [0.15, 0.2) is 0 Å². The molecule has 0 fully saturated rings. The molecule has 72 valence electrons. The van der Waals surface area contributed by atoms with E-state index in [1.165, 1.54) is 12.3 Å². The van der Waals surface area contributed by atoms with Gasteiger partial charge in [0.25, 0.3) is 0 Å². The molecule has 1 heterocycles. The third kappa shape index (κ3) is 2.23. The van der Waals surface area contributed by atoms with E-state index in [9.17, 15) is 9.50 Å². The molecule has 3 N–H and O–H groups in total. The summed E-state index contributed by atoms with van der Waals surface area (Å²) in [6.45, 7) is 3.33. The maximum atomic E-state index is 12.6. The van der Waals surface area contributed by atoms with Crippen molar-refractivity contribution in [2.45, 2.75) is 26.0 Å². The largest absolute Gasteiger partial charge is 0.391 e. The number of aryl methyl sites for hydroxylation is 1. The Morgan fingerprint density at radius 1 is 1.62 bits per heavy atom. The topological polar surface area (TPSA) is 59.1 Å². The van der Waals surface area contributed by atoms with Crippen LogP contribution in [0, 0.1) is 12.9 Å². The number of hydrogen-bond acceptors (Lipinski definition) is 3. The van der Waals surface area contributed by atoms with Gasteiger partial charge in [0.1, 0.15) is 0 Å². The van der Waals surface area contributed by atoms with Gasteiger partial charge in [-0.3, -0.25) is 0 Å². The third-order valence-corrected chi connectivity index (χ3v) is 2.00. The maximum Gasteiger partial charge on any atom is 0.213 e. The van der Waals surface area contributed by atoms with Crippen LogP contribution in [-0.4, -0.2) is 16.2 Å². The van der Waals surface area contributed by atoms with Crippen LogP contribution in [0.5, 0.6) is 0 Å². The molecule has 1 aromatic rings. The first-order chi connectivity index (χ1) is 6.02. The number of aliphatic hydroxyl groups excluding tert-OH is 1. The van der Waals surface area contributed by atoms with E-state index in [2.05, 4.69) is 4.98 Å². The Bertz CT molecular complexity index is 302. The van der Waals surface area contributed by atoms with E-state index in [1.54, 1.807) is 13.8 Å². The predicted molar refractivity (Wildman–Crippen MR) is 47.5 cm³/mol. The van der Waals surface area contributed by atoms with Crippen molar-refractivity contribution in [1.29, 1.82) is 0 Å². The van der Waals surface area contributed by atoms with Crippen molar-refractivity contribution < 1.29 is 9.50 Å². The molecule has 2 atom stereocenters. The van der Waals surface area contributed by atoms with Gasteiger partial charge in [-0.25, -0.2) is 4.98 Å². The van der Waals surface area contributed by atoms with Gasteiger partial charge in [-0.2, -0.15) is 4.39 Å². The summed E-state index contributed by atoms with van der Waals surface area (Å²) >= 11 is 0. The van der Waals surface area contributed by atoms with Gasteiger partial charge in [0.05, 0.1) is 12.1 Å². The number of aromatic nitrogens is 1. The maximum absolute atomic E-state index is 12.6. The normalized spacial score (nSPS) is 15.5. The summed E-state index contributed by atoms with van der Waals surface area (Å²) in [5, 5.41) is 9.22. The highest BCUT2D eigenvalue weighted by atomic mass is 19.1. The second-order valence-corrected chi connectivity index (χ2v) is 3.13. The van der Waals surface area contributed by atoms with Crippen LogP contribution in [-0.2, 0) is 0 Å². The summed E-state index contributed by atoms with van der Waals surface area (Å²) in [6, 6.07) is 0.797. The number of rotatable bonds is 2. The molecule has 0 saturated carbocycles. The van der Waals surface area contributed by atoms with E-state index >= 15 is 0 Å². The molecule has 0 amide bonds. The SMILES string of the molecule is Cc1cc(F)ncc1[C@H](N)[C@@H](C)O. The summed E-state index contributed by atoms with van der Waals surface area (Å²) in [4.78, 5) is 3.49. The van der Waals surface area contributed by atoms with Crippen molar-refractivity contribution >= 4 is 0 Å². The van der Waals surface area contributed by atoms with Gasteiger partial charge < -0.3 is 10.8 Å². The van der Waals surface area contributed by atoms with E-state index in [0.717, 1.165) is 0 Å². The minimum absolute atomic E-state index is 0.506. The Hall–Kier alpha value is -1.00. The first kappa shape index (κ1) is 10.1. The molecule has 0 bridgehead atoms. The molecule has 0 aliphatic carbocycles. The minimum Gasteiger partial charge on any atom is -0.391 e. The van der Waals surface area contributed by atoms with Crippen LogP contribution in [0.2, 0.25) is 0 Å². The number of aliphatic hydroxyl groups is 1. The van der Waals surface area contributed by atoms with Crippen molar-refractivity contribution in [2.24, 2.45) is 5.73 Å². The van der Waals surface area contributed by atoms with E-state index in [4.69, 9.17) is 5.73 Å². The molecule has 1 rings (SSSR count). The lowest BCUT2D eigenvalue weighted by molar-refractivity contribution is 0.164. The van der Waals surface area contributed by atoms with Crippen LogP contribution < -0.4 is 5.73 Å². The van der Waals surface area contributed by atoms with Crippen LogP contribution in [0.15, 0.2) is 12.3 Å². The minimum atomic E-state index is -0.661. The molecule has 0 radical (unpaired) electrons. The summed E-state index contributed by atoms with van der Waals surface area (Å²) in [7, 11) is 0. The lowest BCUT2D eigenvalue weighted by atomic mass is 10.0. The van der Waals surface area contributed by atoms with E-state index < -0.39 is 18.1 Å². The number of nitrogens with zero attached hydrogens (tertiary/aromatic N) is 1. The Labute approximate surface area is 76.4 Å². The average Bonchev–Trinajstić information content (AvgIpc) is 2.03. The number of hydrogen-bond donors (Lipinski definition) is 2. The van der Waals surface area contributed by atoms with E-state index in [-0.39, 0.29) is 0 Å². The fourth-order valence-electron chi connectivity index (χ4n) is 1.14. The first-order valence-electron chi connectivity index (χ1n) is 4.08. The highest BCUT2D eigenvalue weighted by Crippen LogP contribution is 2.17. The molecule has 0 aliphatic heterocycles. The highest BCUT2D eigenvalue weighted by molar-refractivity contribution is 5.25. The molecule has 4 heteroatoms. The highest BCUT2D eigenvalue weighted by Gasteiger charge is 2.14. The standard InChI is InChI=1S/C9H13FN2O/c1-5-3-8(10)12-4-7(5)9(11)6(2)13/h3-4,6,9,13H,11H2,1-2H3/t6-,9-/m1/s1. The lowest BCUT2D eigenvalue weighted by Crippen LogP contribution is -2.24. The van der Waals surface area contributed by atoms with Gasteiger partial charge in [-0.05, 0) is 31.0 Å². The van der Waals surface area contributed by atoms with Crippen molar-refractivity contribution in [1.82, 2.24) is 4.98 Å². The van der Waals surface area contributed by atoms with Crippen molar-refractivity contribution in [2.75, 3.05) is 0 Å². The molecular formula is C9H13FN2O. The number of nitrogens with two attached hydrogens (primary N) is 1. The average molecular weight is 184 g/mol. The lowest BCUT2D eigenvalue weighted by Gasteiger charge is -2.16. The second kappa shape index (κ2) is 3.81. The van der Waals surface area contributed by atoms with Gasteiger partial charge in [0, 0.05) is 6.20 Å². The van der Waals surface area contributed by atoms with Crippen LogP contribution in [0.3, 0.4) is 0 Å². The summed E-state index contributed by atoms with van der Waals surface area (Å²) in [5.41, 5.74) is 7.06. The summed E-state index contributed by atoms with van der Waals surface area (Å²) in [5.74, 6) is -0.529. The summed E-state index contributed by atoms with van der Waals surface area (Å²) < 4.78 is 12.6. The monoisotopic (exact) mass is 184 g/mol. The molecule has 13 heavy (non-hydrogen) atoms. The smallest absolute Gasteiger partial charge is 0.213 e. The molecule has 0 spiro atoms. The number of halogens is 1. The van der Waals surface area contributed by atoms with E-state index in [0.29, 0.717) is 11.1 Å². The molecular weight excluding hydrogens is 171 g/mol. The zero-order valence-corrected chi connectivity index (χ0v) is 7.66. The van der Waals surface area contributed by atoms with Gasteiger partial charge in [0.2, 0.25) is 5.95 Å². The Balaban J connectivity index is 3.01. The van der Waals surface area contributed by atoms with Gasteiger partial charge >= 0.3 is 0 Å². The van der Waals surface area contributed by atoms with Crippen molar-refractivity contribution in [3.8, 4) is 0 Å². The molecule has 3 nitrogen and oxygen atoms in total. The molecule has 0 unspecified atom stereocenters. The Morgan fingerprint density at radius 2 is 2.23 bits per heavy atom. The zero-order chi connectivity index (χ0) is 10.0. The molecule has 0 saturated heterocycles. The quantitative estimate of drug-likeness (QED) is 0.671. The summed E-state index contributed by atoms with van der Waals surface area (Å²) in [6.07, 6.45) is 0.702. The van der Waals surface area contributed by atoms with Crippen LogP contribution in [0.4, 0.5) is 4.39 Å². The Kier molecular flexibility index (Phi) is 2.95.